The van der Waals surface area contributed by atoms with Gasteiger partial charge in [0.15, 0.2) is 10.3 Å². The maximum absolute atomic E-state index is 12.4. The summed E-state index contributed by atoms with van der Waals surface area (Å²) in [6, 6.07) is 3.75. The SMILES string of the molecule is COC(=O)Cc1csc(NC(=O)CSc2nnc(N3CCCC3)n2Cc2ccco2)n1. The van der Waals surface area contributed by atoms with E-state index in [-0.39, 0.29) is 24.1 Å². The molecule has 3 aromatic heterocycles. The van der Waals surface area contributed by atoms with Crippen LogP contribution < -0.4 is 10.2 Å². The summed E-state index contributed by atoms with van der Waals surface area (Å²) in [7, 11) is 1.33. The Kier molecular flexibility index (Phi) is 6.87. The Bertz CT molecular complexity index is 1030. The van der Waals surface area contributed by atoms with E-state index in [1.54, 1.807) is 11.6 Å². The lowest BCUT2D eigenvalue weighted by atomic mass is 10.3. The number of hydrogen-bond acceptors (Lipinski definition) is 10. The highest BCUT2D eigenvalue weighted by atomic mass is 32.2. The lowest BCUT2D eigenvalue weighted by Gasteiger charge is -2.17. The first-order valence-corrected chi connectivity index (χ1v) is 11.6. The van der Waals surface area contributed by atoms with Gasteiger partial charge in [0.1, 0.15) is 5.76 Å². The largest absolute Gasteiger partial charge is 0.469 e. The van der Waals surface area contributed by atoms with Crippen LogP contribution in [0.1, 0.15) is 24.3 Å². The predicted octanol–water partition coefficient (Wildman–Crippen LogP) is 2.42. The number of ether oxygens (including phenoxy) is 1. The third kappa shape index (κ3) is 5.44. The minimum Gasteiger partial charge on any atom is -0.469 e. The second-order valence-corrected chi connectivity index (χ2v) is 8.68. The molecule has 0 aromatic carbocycles. The predicted molar refractivity (Wildman–Crippen MR) is 116 cm³/mol. The maximum Gasteiger partial charge on any atom is 0.311 e. The van der Waals surface area contributed by atoms with Gasteiger partial charge in [0, 0.05) is 18.5 Å². The molecule has 0 radical (unpaired) electrons. The Hall–Kier alpha value is -2.86. The molecule has 0 saturated carbocycles. The van der Waals surface area contributed by atoms with Crippen molar-refractivity contribution in [1.82, 2.24) is 19.7 Å². The van der Waals surface area contributed by atoms with Crippen molar-refractivity contribution in [3.05, 3.63) is 35.2 Å². The van der Waals surface area contributed by atoms with Crippen molar-refractivity contribution in [3.63, 3.8) is 0 Å². The quantitative estimate of drug-likeness (QED) is 0.378. The Morgan fingerprint density at radius 3 is 2.90 bits per heavy atom. The fourth-order valence-corrected chi connectivity index (χ4v) is 4.65. The summed E-state index contributed by atoms with van der Waals surface area (Å²) in [4.78, 5) is 30.2. The van der Waals surface area contributed by atoms with Crippen molar-refractivity contribution < 1.29 is 18.7 Å². The lowest BCUT2D eigenvalue weighted by molar-refractivity contribution is -0.139. The first kappa shape index (κ1) is 21.4. The van der Waals surface area contributed by atoms with Crippen molar-refractivity contribution in [2.24, 2.45) is 0 Å². The number of esters is 1. The molecule has 1 saturated heterocycles. The van der Waals surface area contributed by atoms with Gasteiger partial charge in [0.05, 0.1) is 37.8 Å². The highest BCUT2D eigenvalue weighted by molar-refractivity contribution is 7.99. The van der Waals surface area contributed by atoms with Gasteiger partial charge in [-0.15, -0.1) is 21.5 Å². The van der Waals surface area contributed by atoms with Gasteiger partial charge in [-0.1, -0.05) is 11.8 Å². The molecule has 1 amide bonds. The van der Waals surface area contributed by atoms with Gasteiger partial charge in [-0.25, -0.2) is 4.98 Å². The van der Waals surface area contributed by atoms with Crippen LogP contribution in [0.15, 0.2) is 33.3 Å². The Balaban J connectivity index is 1.39. The standard InChI is InChI=1S/C19H22N6O4S2/c1-28-16(27)9-13-11-30-17(20-13)21-15(26)12-31-19-23-22-18(24-6-2-3-7-24)25(19)10-14-5-4-8-29-14/h4-5,8,11H,2-3,6-7,9-10,12H2,1H3,(H,20,21,26). The van der Waals surface area contributed by atoms with Crippen LogP contribution in [0.25, 0.3) is 0 Å². The summed E-state index contributed by atoms with van der Waals surface area (Å²) < 4.78 is 12.1. The summed E-state index contributed by atoms with van der Waals surface area (Å²) in [6.45, 7) is 2.39. The topological polar surface area (TPSA) is 115 Å². The second-order valence-electron chi connectivity index (χ2n) is 6.88. The monoisotopic (exact) mass is 462 g/mol. The summed E-state index contributed by atoms with van der Waals surface area (Å²) >= 11 is 2.58. The van der Waals surface area contributed by atoms with E-state index in [1.165, 1.54) is 30.2 Å². The van der Waals surface area contributed by atoms with Crippen molar-refractivity contribution in [1.29, 1.82) is 0 Å². The third-order valence-corrected chi connectivity index (χ3v) is 6.44. The first-order chi connectivity index (χ1) is 15.1. The fraction of sp³-hybridized carbons (Fsp3) is 0.421. The van der Waals surface area contributed by atoms with E-state index in [9.17, 15) is 9.59 Å². The minimum absolute atomic E-state index is 0.0762. The lowest BCUT2D eigenvalue weighted by Crippen LogP contribution is -2.22. The highest BCUT2D eigenvalue weighted by Crippen LogP contribution is 2.26. The molecule has 10 nitrogen and oxygen atoms in total. The number of nitrogens with zero attached hydrogens (tertiary/aromatic N) is 5. The van der Waals surface area contributed by atoms with E-state index in [1.807, 2.05) is 16.7 Å². The van der Waals surface area contributed by atoms with Crippen LogP contribution in [0, 0.1) is 0 Å². The van der Waals surface area contributed by atoms with Crippen LogP contribution in [-0.4, -0.2) is 57.6 Å². The molecule has 1 N–H and O–H groups in total. The first-order valence-electron chi connectivity index (χ1n) is 9.77. The van der Waals surface area contributed by atoms with Crippen molar-refractivity contribution >= 4 is 46.1 Å². The molecule has 4 heterocycles. The number of anilines is 2. The number of furan rings is 1. The van der Waals surface area contributed by atoms with Gasteiger partial charge in [0.2, 0.25) is 11.9 Å². The number of nitrogens with one attached hydrogen (secondary N) is 1. The van der Waals surface area contributed by atoms with E-state index in [4.69, 9.17) is 4.42 Å². The van der Waals surface area contributed by atoms with Crippen LogP contribution in [0.3, 0.4) is 0 Å². The van der Waals surface area contributed by atoms with Gasteiger partial charge in [-0.2, -0.15) is 0 Å². The highest BCUT2D eigenvalue weighted by Gasteiger charge is 2.22. The Morgan fingerprint density at radius 2 is 2.16 bits per heavy atom. The Labute approximate surface area is 187 Å². The molecule has 3 aromatic rings. The summed E-state index contributed by atoms with van der Waals surface area (Å²) in [6.07, 6.45) is 3.97. The van der Waals surface area contributed by atoms with Crippen LogP contribution in [0.2, 0.25) is 0 Å². The number of rotatable bonds is 9. The number of hydrogen-bond donors (Lipinski definition) is 1. The number of carbonyl (C=O) groups is 2. The third-order valence-electron chi connectivity index (χ3n) is 4.66. The van der Waals surface area contributed by atoms with E-state index in [2.05, 4.69) is 30.1 Å². The maximum atomic E-state index is 12.4. The molecule has 0 bridgehead atoms. The summed E-state index contributed by atoms with van der Waals surface area (Å²) in [5.41, 5.74) is 0.563. The number of aromatic nitrogens is 4. The van der Waals surface area contributed by atoms with E-state index >= 15 is 0 Å². The molecule has 0 aliphatic carbocycles. The molecule has 0 atom stereocenters. The average molecular weight is 463 g/mol. The molecule has 1 fully saturated rings. The molecule has 0 spiro atoms. The van der Waals surface area contributed by atoms with E-state index in [0.29, 0.717) is 22.5 Å². The fourth-order valence-electron chi connectivity index (χ4n) is 3.19. The van der Waals surface area contributed by atoms with Crippen molar-refractivity contribution in [2.45, 2.75) is 31.0 Å². The minimum atomic E-state index is -0.372. The smallest absolute Gasteiger partial charge is 0.311 e. The number of amides is 1. The number of thioether (sulfide) groups is 1. The van der Waals surface area contributed by atoms with Crippen LogP contribution in [0.4, 0.5) is 11.1 Å². The van der Waals surface area contributed by atoms with Gasteiger partial charge >= 0.3 is 5.97 Å². The van der Waals surface area contributed by atoms with Crippen LogP contribution in [0.5, 0.6) is 0 Å². The van der Waals surface area contributed by atoms with Gasteiger partial charge in [-0.05, 0) is 25.0 Å². The molecule has 31 heavy (non-hydrogen) atoms. The molecule has 12 heteroatoms. The van der Waals surface area contributed by atoms with Crippen molar-refractivity contribution in [3.8, 4) is 0 Å². The molecule has 1 aliphatic rings. The molecule has 164 valence electrons. The van der Waals surface area contributed by atoms with Gasteiger partial charge in [0.25, 0.3) is 0 Å². The van der Waals surface area contributed by atoms with E-state index in [0.717, 1.165) is 37.6 Å². The number of carbonyl (C=O) groups excluding carboxylic acids is 2. The second kappa shape index (κ2) is 9.96. The molecular formula is C19H22N6O4S2. The molecular weight excluding hydrogens is 440 g/mol. The van der Waals surface area contributed by atoms with Crippen molar-refractivity contribution in [2.75, 3.05) is 36.2 Å². The normalized spacial score (nSPS) is 13.5. The summed E-state index contributed by atoms with van der Waals surface area (Å²) in [5.74, 6) is 1.17. The zero-order valence-corrected chi connectivity index (χ0v) is 18.6. The zero-order chi connectivity index (χ0) is 21.6. The van der Waals surface area contributed by atoms with Gasteiger partial charge < -0.3 is 19.4 Å². The zero-order valence-electron chi connectivity index (χ0n) is 16.9. The van der Waals surface area contributed by atoms with Gasteiger partial charge in [-0.3, -0.25) is 14.2 Å². The molecule has 1 aliphatic heterocycles. The molecule has 4 rings (SSSR count). The average Bonchev–Trinajstić information content (AvgIpc) is 3.55. The number of methoxy groups -OCH3 is 1. The molecule has 0 unspecified atom stereocenters. The number of thiazole rings is 1. The van der Waals surface area contributed by atoms with Crippen LogP contribution >= 0.6 is 23.1 Å². The summed E-state index contributed by atoms with van der Waals surface area (Å²) in [5, 5.41) is 14.3. The Morgan fingerprint density at radius 1 is 1.32 bits per heavy atom. The van der Waals surface area contributed by atoms with Crippen LogP contribution in [-0.2, 0) is 27.3 Å². The van der Waals surface area contributed by atoms with E-state index < -0.39 is 0 Å².